The molecule has 0 aromatic carbocycles. The van der Waals surface area contributed by atoms with Gasteiger partial charge in [-0.3, -0.25) is 0 Å². The maximum atomic E-state index is 13.4. The minimum Gasteiger partial charge on any atom is -0.321 e. The van der Waals surface area contributed by atoms with E-state index in [1.165, 1.54) is 18.0 Å². The van der Waals surface area contributed by atoms with Gasteiger partial charge in [-0.25, -0.2) is 14.4 Å². The molecule has 2 aromatic heterocycles. The number of thioether (sulfide) groups is 1. The van der Waals surface area contributed by atoms with E-state index in [-0.39, 0.29) is 10.7 Å². The van der Waals surface area contributed by atoms with Crippen LogP contribution in [0.2, 0.25) is 5.15 Å². The molecule has 0 radical (unpaired) electrons. The van der Waals surface area contributed by atoms with Crippen molar-refractivity contribution < 1.29 is 4.39 Å². The Morgan fingerprint density at radius 2 is 2.29 bits per heavy atom. The Morgan fingerprint density at radius 3 is 2.93 bits per heavy atom. The molecule has 0 unspecified atom stereocenters. The van der Waals surface area contributed by atoms with E-state index in [1.807, 2.05) is 13.3 Å². The third-order valence-electron chi connectivity index (χ3n) is 1.97. The highest BCUT2D eigenvalue weighted by Gasteiger charge is 2.14. The number of nitrogens with zero attached hydrogens (tertiary/aromatic N) is 3. The Morgan fingerprint density at radius 1 is 1.57 bits per heavy atom. The lowest BCUT2D eigenvalue weighted by atomic mass is 10.4. The molecule has 0 aliphatic rings. The topological polar surface area (TPSA) is 30.7 Å². The van der Waals surface area contributed by atoms with Gasteiger partial charge in [0.25, 0.3) is 0 Å². The summed E-state index contributed by atoms with van der Waals surface area (Å²) in [6.07, 6.45) is 3.40. The summed E-state index contributed by atoms with van der Waals surface area (Å²) in [4.78, 5) is 7.85. The summed E-state index contributed by atoms with van der Waals surface area (Å²) in [7, 11) is 1.82. The van der Waals surface area contributed by atoms with Crippen LogP contribution in [0.3, 0.4) is 0 Å². The van der Waals surface area contributed by atoms with Crippen LogP contribution in [0, 0.1) is 5.82 Å². The van der Waals surface area contributed by atoms with Gasteiger partial charge in [0.2, 0.25) is 0 Å². The van der Waals surface area contributed by atoms with Crippen LogP contribution in [0.5, 0.6) is 0 Å². The van der Waals surface area contributed by atoms with Gasteiger partial charge >= 0.3 is 0 Å². The van der Waals surface area contributed by atoms with Crippen LogP contribution >= 0.6 is 23.4 Å². The Hall–Kier alpha value is -0.810. The lowest BCUT2D eigenvalue weighted by Gasteiger charge is -1.97. The largest absolute Gasteiger partial charge is 0.321 e. The van der Waals surface area contributed by atoms with E-state index in [0.717, 1.165) is 5.16 Å². The van der Waals surface area contributed by atoms with Crippen molar-refractivity contribution in [3.63, 3.8) is 0 Å². The summed E-state index contributed by atoms with van der Waals surface area (Å²) in [5, 5.41) is 0.603. The first-order chi connectivity index (χ1) is 6.65. The lowest BCUT2D eigenvalue weighted by Crippen LogP contribution is -1.90. The summed E-state index contributed by atoms with van der Waals surface area (Å²) in [5.41, 5.74) is 0.924. The second kappa shape index (κ2) is 3.40. The van der Waals surface area contributed by atoms with Gasteiger partial charge in [-0.2, -0.15) is 0 Å². The molecular formula is C8H7ClFN3S. The van der Waals surface area contributed by atoms with Gasteiger partial charge in [-0.05, 0) is 6.26 Å². The van der Waals surface area contributed by atoms with Crippen LogP contribution in [-0.4, -0.2) is 20.8 Å². The number of imidazole rings is 1. The monoisotopic (exact) mass is 231 g/mol. The fourth-order valence-corrected chi connectivity index (χ4v) is 1.95. The van der Waals surface area contributed by atoms with Crippen molar-refractivity contribution in [1.29, 1.82) is 0 Å². The van der Waals surface area contributed by atoms with Gasteiger partial charge in [0.15, 0.2) is 16.1 Å². The molecule has 2 rings (SSSR count). The average Bonchev–Trinajstić information content (AvgIpc) is 2.50. The van der Waals surface area contributed by atoms with Crippen LogP contribution in [0.25, 0.3) is 11.0 Å². The molecule has 0 amide bonds. The van der Waals surface area contributed by atoms with Crippen LogP contribution < -0.4 is 0 Å². The van der Waals surface area contributed by atoms with E-state index in [0.29, 0.717) is 5.52 Å². The highest BCUT2D eigenvalue weighted by atomic mass is 35.5. The van der Waals surface area contributed by atoms with Crippen LogP contribution in [0.4, 0.5) is 4.39 Å². The van der Waals surface area contributed by atoms with E-state index in [2.05, 4.69) is 9.97 Å². The van der Waals surface area contributed by atoms with Gasteiger partial charge in [0.05, 0.1) is 11.7 Å². The summed E-state index contributed by atoms with van der Waals surface area (Å²) >= 11 is 7.00. The maximum Gasteiger partial charge on any atom is 0.188 e. The number of rotatable bonds is 1. The van der Waals surface area contributed by atoms with Crippen molar-refractivity contribution in [1.82, 2.24) is 14.5 Å². The van der Waals surface area contributed by atoms with Gasteiger partial charge in [-0.15, -0.1) is 0 Å². The zero-order valence-corrected chi connectivity index (χ0v) is 9.16. The van der Waals surface area contributed by atoms with Crippen molar-refractivity contribution in [3.8, 4) is 0 Å². The highest BCUT2D eigenvalue weighted by molar-refractivity contribution is 7.98. The number of hydrogen-bond acceptors (Lipinski definition) is 3. The molecule has 0 fully saturated rings. The first-order valence-corrected chi connectivity index (χ1v) is 5.46. The van der Waals surface area contributed by atoms with E-state index in [1.54, 1.807) is 4.57 Å². The molecule has 0 saturated carbocycles. The van der Waals surface area contributed by atoms with Gasteiger partial charge in [0, 0.05) is 7.05 Å². The first kappa shape index (κ1) is 9.73. The fraction of sp³-hybridized carbons (Fsp3) is 0.250. The molecule has 0 spiro atoms. The number of aromatic nitrogens is 3. The summed E-state index contributed by atoms with van der Waals surface area (Å²) in [6.45, 7) is 0. The summed E-state index contributed by atoms with van der Waals surface area (Å²) < 4.78 is 15.2. The quantitative estimate of drug-likeness (QED) is 0.558. The summed E-state index contributed by atoms with van der Waals surface area (Å²) in [6, 6.07) is 0. The molecule has 6 heteroatoms. The second-order valence-corrected chi connectivity index (χ2v) is 3.89. The zero-order valence-electron chi connectivity index (χ0n) is 7.58. The third kappa shape index (κ3) is 1.27. The fourth-order valence-electron chi connectivity index (χ4n) is 1.25. The maximum absolute atomic E-state index is 13.4. The summed E-state index contributed by atoms with van der Waals surface area (Å²) in [5.74, 6) is -0.555. The Bertz CT molecular complexity index is 497. The van der Waals surface area contributed by atoms with Crippen molar-refractivity contribution in [2.24, 2.45) is 7.05 Å². The van der Waals surface area contributed by atoms with Crippen LogP contribution in [0.15, 0.2) is 11.4 Å². The molecule has 0 aliphatic heterocycles. The number of hydrogen-bond donors (Lipinski definition) is 0. The second-order valence-electron chi connectivity index (χ2n) is 2.75. The molecule has 14 heavy (non-hydrogen) atoms. The molecular weight excluding hydrogens is 225 g/mol. The van der Waals surface area contributed by atoms with E-state index in [9.17, 15) is 4.39 Å². The van der Waals surface area contributed by atoms with E-state index < -0.39 is 5.82 Å². The molecule has 2 heterocycles. The van der Waals surface area contributed by atoms with E-state index >= 15 is 0 Å². The van der Waals surface area contributed by atoms with Crippen LogP contribution in [-0.2, 0) is 7.05 Å². The zero-order chi connectivity index (χ0) is 10.3. The third-order valence-corrected chi connectivity index (χ3v) is 2.96. The molecule has 74 valence electrons. The van der Waals surface area contributed by atoms with E-state index in [4.69, 9.17) is 11.6 Å². The van der Waals surface area contributed by atoms with Crippen molar-refractivity contribution >= 4 is 34.4 Å². The average molecular weight is 232 g/mol. The number of aryl methyl sites for hydroxylation is 1. The molecule has 0 bridgehead atoms. The molecule has 0 N–H and O–H groups in total. The highest BCUT2D eigenvalue weighted by Crippen LogP contribution is 2.25. The smallest absolute Gasteiger partial charge is 0.188 e. The molecule has 0 aliphatic carbocycles. The number of fused-ring (bicyclic) bond motifs is 1. The Kier molecular flexibility index (Phi) is 2.36. The molecule has 3 nitrogen and oxygen atoms in total. The molecule has 2 aromatic rings. The number of pyridine rings is 1. The van der Waals surface area contributed by atoms with Crippen molar-refractivity contribution in [3.05, 3.63) is 17.2 Å². The number of halogens is 2. The lowest BCUT2D eigenvalue weighted by molar-refractivity contribution is 0.631. The predicted molar refractivity (Wildman–Crippen MR) is 55.3 cm³/mol. The normalized spacial score (nSPS) is 11.1. The molecule has 0 saturated heterocycles. The molecule has 0 atom stereocenters. The Balaban J connectivity index is 2.85. The predicted octanol–water partition coefficient (Wildman–Crippen LogP) is 2.48. The van der Waals surface area contributed by atoms with Crippen LogP contribution in [0.1, 0.15) is 0 Å². The minimum atomic E-state index is -0.555. The van der Waals surface area contributed by atoms with Crippen molar-refractivity contribution in [2.75, 3.05) is 6.26 Å². The first-order valence-electron chi connectivity index (χ1n) is 3.85. The van der Waals surface area contributed by atoms with Gasteiger partial charge in [0.1, 0.15) is 5.52 Å². The standard InChI is InChI=1S/C8H7ClFN3S/c1-13-4-3-11-7(9)5(10)6(4)12-8(13)14-2/h3H,1-2H3. The minimum absolute atomic E-state index is 0.136. The SMILES string of the molecule is CSc1nc2c(F)c(Cl)ncc2n1C. The van der Waals surface area contributed by atoms with Gasteiger partial charge < -0.3 is 4.57 Å². The van der Waals surface area contributed by atoms with Gasteiger partial charge in [-0.1, -0.05) is 23.4 Å². The Labute approximate surface area is 89.3 Å². The van der Waals surface area contributed by atoms with Crippen molar-refractivity contribution in [2.45, 2.75) is 5.16 Å².